The number of nitrogens with zero attached hydrogens (tertiary/aromatic N) is 2. The Morgan fingerprint density at radius 3 is 3.17 bits per heavy atom. The molecule has 100 valence electrons. The lowest BCUT2D eigenvalue weighted by atomic mass is 9.88. The summed E-state index contributed by atoms with van der Waals surface area (Å²) < 4.78 is 1.64. The summed E-state index contributed by atoms with van der Waals surface area (Å²) in [5.41, 5.74) is 0.626. The predicted molar refractivity (Wildman–Crippen MR) is 70.3 cm³/mol. The van der Waals surface area contributed by atoms with Crippen LogP contribution in [0.1, 0.15) is 36.5 Å². The molecule has 2 rings (SSSR count). The maximum absolute atomic E-state index is 11.9. The van der Waals surface area contributed by atoms with Crippen LogP contribution < -0.4 is 10.6 Å². The minimum atomic E-state index is -0.0367. The molecule has 2 heterocycles. The van der Waals surface area contributed by atoms with Crippen molar-refractivity contribution in [3.63, 3.8) is 0 Å². The third kappa shape index (κ3) is 3.10. The van der Waals surface area contributed by atoms with E-state index >= 15 is 0 Å². The lowest BCUT2D eigenvalue weighted by molar-refractivity contribution is 0.0942. The molecule has 0 spiro atoms. The summed E-state index contributed by atoms with van der Waals surface area (Å²) in [5, 5.41) is 10.5. The molecule has 2 atom stereocenters. The molecule has 0 bridgehead atoms. The summed E-state index contributed by atoms with van der Waals surface area (Å²) in [7, 11) is 1.81. The van der Waals surface area contributed by atoms with Crippen molar-refractivity contribution in [2.45, 2.75) is 32.2 Å². The molecule has 5 heteroatoms. The Morgan fingerprint density at radius 2 is 2.50 bits per heavy atom. The standard InChI is InChI=1S/C13H22N4O/c1-3-10-5-4-6-14-12(10)8-15-13(18)11-7-16-17(2)9-11/h7,9-10,12,14H,3-6,8H2,1-2H3,(H,15,18). The second-order valence-corrected chi connectivity index (χ2v) is 4.98. The highest BCUT2D eigenvalue weighted by molar-refractivity contribution is 5.93. The fourth-order valence-corrected chi connectivity index (χ4v) is 2.59. The Morgan fingerprint density at radius 1 is 1.67 bits per heavy atom. The molecular weight excluding hydrogens is 228 g/mol. The number of carbonyl (C=O) groups excluding carboxylic acids is 1. The highest BCUT2D eigenvalue weighted by Gasteiger charge is 2.23. The summed E-state index contributed by atoms with van der Waals surface area (Å²) in [5.74, 6) is 0.637. The molecule has 1 aliphatic rings. The molecule has 0 saturated carbocycles. The van der Waals surface area contributed by atoms with E-state index in [1.165, 1.54) is 19.3 Å². The van der Waals surface area contributed by atoms with Gasteiger partial charge in [0.05, 0.1) is 11.8 Å². The molecule has 0 aromatic carbocycles. The molecule has 18 heavy (non-hydrogen) atoms. The number of aryl methyl sites for hydroxylation is 1. The number of amides is 1. The first-order chi connectivity index (χ1) is 8.70. The van der Waals surface area contributed by atoms with Crippen LogP contribution in [0.2, 0.25) is 0 Å². The highest BCUT2D eigenvalue weighted by atomic mass is 16.1. The molecule has 1 amide bonds. The fourth-order valence-electron chi connectivity index (χ4n) is 2.59. The van der Waals surface area contributed by atoms with Crippen LogP contribution in [0.4, 0.5) is 0 Å². The number of hydrogen-bond donors (Lipinski definition) is 2. The van der Waals surface area contributed by atoms with Gasteiger partial charge in [-0.3, -0.25) is 9.48 Å². The average molecular weight is 250 g/mol. The van der Waals surface area contributed by atoms with Gasteiger partial charge in [-0.15, -0.1) is 0 Å². The van der Waals surface area contributed by atoms with Crippen molar-refractivity contribution in [2.75, 3.05) is 13.1 Å². The largest absolute Gasteiger partial charge is 0.350 e. The number of piperidine rings is 1. The Hall–Kier alpha value is -1.36. The van der Waals surface area contributed by atoms with Crippen LogP contribution in [0.15, 0.2) is 12.4 Å². The highest BCUT2D eigenvalue weighted by Crippen LogP contribution is 2.19. The van der Waals surface area contributed by atoms with Crippen LogP contribution in [0, 0.1) is 5.92 Å². The van der Waals surface area contributed by atoms with Crippen LogP contribution in [0.5, 0.6) is 0 Å². The van der Waals surface area contributed by atoms with E-state index in [0.717, 1.165) is 6.54 Å². The number of rotatable bonds is 4. The van der Waals surface area contributed by atoms with Gasteiger partial charge in [-0.1, -0.05) is 13.3 Å². The first-order valence-electron chi connectivity index (χ1n) is 6.71. The van der Waals surface area contributed by atoms with E-state index in [1.807, 2.05) is 7.05 Å². The molecule has 1 aliphatic heterocycles. The van der Waals surface area contributed by atoms with E-state index in [-0.39, 0.29) is 5.91 Å². The molecule has 1 saturated heterocycles. The van der Waals surface area contributed by atoms with Crippen molar-refractivity contribution >= 4 is 5.91 Å². The average Bonchev–Trinajstić information content (AvgIpc) is 2.83. The minimum Gasteiger partial charge on any atom is -0.350 e. The van der Waals surface area contributed by atoms with Gasteiger partial charge in [-0.2, -0.15) is 5.10 Å². The third-order valence-electron chi connectivity index (χ3n) is 3.70. The fraction of sp³-hybridized carbons (Fsp3) is 0.692. The van der Waals surface area contributed by atoms with Gasteiger partial charge in [0, 0.05) is 25.8 Å². The van der Waals surface area contributed by atoms with Crippen LogP contribution in [0.25, 0.3) is 0 Å². The van der Waals surface area contributed by atoms with E-state index in [0.29, 0.717) is 24.1 Å². The summed E-state index contributed by atoms with van der Waals surface area (Å²) in [6, 6.07) is 0.407. The second-order valence-electron chi connectivity index (χ2n) is 4.98. The maximum Gasteiger partial charge on any atom is 0.254 e. The van der Waals surface area contributed by atoms with Gasteiger partial charge in [-0.25, -0.2) is 0 Å². The molecule has 1 aromatic heterocycles. The Labute approximate surface area is 108 Å². The van der Waals surface area contributed by atoms with Crippen LogP contribution in [-0.2, 0) is 7.05 Å². The predicted octanol–water partition coefficient (Wildman–Crippen LogP) is 0.928. The van der Waals surface area contributed by atoms with E-state index in [9.17, 15) is 4.79 Å². The molecule has 5 nitrogen and oxygen atoms in total. The zero-order chi connectivity index (χ0) is 13.0. The number of nitrogens with one attached hydrogen (secondary N) is 2. The van der Waals surface area contributed by atoms with Gasteiger partial charge in [-0.05, 0) is 25.3 Å². The topological polar surface area (TPSA) is 58.9 Å². The summed E-state index contributed by atoms with van der Waals surface area (Å²) in [6.45, 7) is 3.98. The number of aromatic nitrogens is 2. The third-order valence-corrected chi connectivity index (χ3v) is 3.70. The van der Waals surface area contributed by atoms with Gasteiger partial charge >= 0.3 is 0 Å². The number of carbonyl (C=O) groups is 1. The summed E-state index contributed by atoms with van der Waals surface area (Å²) in [4.78, 5) is 11.9. The normalized spacial score (nSPS) is 23.9. The first kappa shape index (κ1) is 13.1. The molecule has 2 N–H and O–H groups in total. The van der Waals surface area contributed by atoms with Crippen molar-refractivity contribution in [1.82, 2.24) is 20.4 Å². The van der Waals surface area contributed by atoms with Crippen LogP contribution in [0.3, 0.4) is 0 Å². The van der Waals surface area contributed by atoms with Gasteiger partial charge < -0.3 is 10.6 Å². The van der Waals surface area contributed by atoms with E-state index < -0.39 is 0 Å². The lowest BCUT2D eigenvalue weighted by Gasteiger charge is -2.32. The van der Waals surface area contributed by atoms with Crippen LogP contribution >= 0.6 is 0 Å². The zero-order valence-corrected chi connectivity index (χ0v) is 11.1. The summed E-state index contributed by atoms with van der Waals surface area (Å²) >= 11 is 0. The Kier molecular flexibility index (Phi) is 4.36. The quantitative estimate of drug-likeness (QED) is 0.835. The molecule has 1 fully saturated rings. The van der Waals surface area contributed by atoms with Crippen molar-refractivity contribution in [1.29, 1.82) is 0 Å². The molecular formula is C13H22N4O. The summed E-state index contributed by atoms with van der Waals surface area (Å²) in [6.07, 6.45) is 7.00. The zero-order valence-electron chi connectivity index (χ0n) is 11.1. The van der Waals surface area contributed by atoms with Crippen molar-refractivity contribution in [2.24, 2.45) is 13.0 Å². The van der Waals surface area contributed by atoms with Gasteiger partial charge in [0.15, 0.2) is 0 Å². The van der Waals surface area contributed by atoms with E-state index in [1.54, 1.807) is 17.1 Å². The smallest absolute Gasteiger partial charge is 0.254 e. The lowest BCUT2D eigenvalue weighted by Crippen LogP contribution is -2.48. The minimum absolute atomic E-state index is 0.0367. The maximum atomic E-state index is 11.9. The first-order valence-corrected chi connectivity index (χ1v) is 6.71. The molecule has 0 radical (unpaired) electrons. The Balaban J connectivity index is 1.85. The van der Waals surface area contributed by atoms with Gasteiger partial charge in [0.2, 0.25) is 0 Å². The second kappa shape index (κ2) is 6.00. The van der Waals surface area contributed by atoms with Crippen molar-refractivity contribution < 1.29 is 4.79 Å². The Bertz CT molecular complexity index is 401. The monoisotopic (exact) mass is 250 g/mol. The van der Waals surface area contributed by atoms with Crippen LogP contribution in [-0.4, -0.2) is 34.8 Å². The molecule has 2 unspecified atom stereocenters. The van der Waals surface area contributed by atoms with Crippen molar-refractivity contribution in [3.8, 4) is 0 Å². The molecule has 0 aliphatic carbocycles. The van der Waals surface area contributed by atoms with E-state index in [2.05, 4.69) is 22.7 Å². The van der Waals surface area contributed by atoms with E-state index in [4.69, 9.17) is 0 Å². The molecule has 1 aromatic rings. The number of hydrogen-bond acceptors (Lipinski definition) is 3. The SMILES string of the molecule is CCC1CCCNC1CNC(=O)c1cnn(C)c1. The van der Waals surface area contributed by atoms with Crippen molar-refractivity contribution in [3.05, 3.63) is 18.0 Å². The van der Waals surface area contributed by atoms with Gasteiger partial charge in [0.25, 0.3) is 5.91 Å². The van der Waals surface area contributed by atoms with Gasteiger partial charge in [0.1, 0.15) is 0 Å².